The molecule has 1 aromatic rings. The molecule has 162 valence electrons. The van der Waals surface area contributed by atoms with Crippen LogP contribution in [-0.4, -0.2) is 72.5 Å². The molecule has 0 atom stereocenters. The van der Waals surface area contributed by atoms with E-state index in [-0.39, 0.29) is 12.5 Å². The summed E-state index contributed by atoms with van der Waals surface area (Å²) < 4.78 is 0. The predicted molar refractivity (Wildman–Crippen MR) is 116 cm³/mol. The van der Waals surface area contributed by atoms with Crippen molar-refractivity contribution in [1.29, 1.82) is 0 Å². The third-order valence-electron chi connectivity index (χ3n) is 6.40. The number of benzene rings is 1. The molecule has 8 nitrogen and oxygen atoms in total. The topological polar surface area (TPSA) is 85.0 Å². The lowest BCUT2D eigenvalue weighted by atomic mass is 9.98. The first-order valence-corrected chi connectivity index (χ1v) is 11.0. The summed E-state index contributed by atoms with van der Waals surface area (Å²) >= 11 is 6.18. The molecule has 9 heteroatoms. The summed E-state index contributed by atoms with van der Waals surface area (Å²) in [6.07, 6.45) is 3.09. The molecule has 1 saturated carbocycles. The fraction of sp³-hybridized carbons (Fsp3) is 0.571. The van der Waals surface area contributed by atoms with Crippen LogP contribution in [0.1, 0.15) is 32.6 Å². The first-order valence-electron chi connectivity index (χ1n) is 10.6. The minimum absolute atomic E-state index is 0.290. The van der Waals surface area contributed by atoms with E-state index in [1.54, 1.807) is 12.1 Å². The number of piperazine rings is 1. The quantitative estimate of drug-likeness (QED) is 0.696. The third-order valence-corrected chi connectivity index (χ3v) is 6.63. The Hall–Kier alpha value is -2.32. The van der Waals surface area contributed by atoms with Gasteiger partial charge >= 0.3 is 6.03 Å². The number of hydrogen-bond donors (Lipinski definition) is 2. The van der Waals surface area contributed by atoms with Crippen molar-refractivity contribution < 1.29 is 14.4 Å². The van der Waals surface area contributed by atoms with Crippen LogP contribution in [0.4, 0.5) is 16.2 Å². The summed E-state index contributed by atoms with van der Waals surface area (Å²) in [4.78, 5) is 43.5. The molecule has 1 spiro atoms. The number of urea groups is 1. The van der Waals surface area contributed by atoms with Gasteiger partial charge in [0.2, 0.25) is 5.91 Å². The SMILES string of the molecule is CCN1CCN(c2ccc(Cl)cc2NC(=O)CN2C(=O)NC3(CCCC3)C2=O)CC1. The van der Waals surface area contributed by atoms with Gasteiger partial charge in [-0.1, -0.05) is 31.4 Å². The number of halogens is 1. The van der Waals surface area contributed by atoms with Gasteiger partial charge in [0.05, 0.1) is 11.4 Å². The lowest BCUT2D eigenvalue weighted by molar-refractivity contribution is -0.133. The van der Waals surface area contributed by atoms with Gasteiger partial charge < -0.3 is 20.4 Å². The van der Waals surface area contributed by atoms with Crippen LogP contribution in [0.15, 0.2) is 18.2 Å². The molecule has 4 amide bonds. The van der Waals surface area contributed by atoms with Gasteiger partial charge in [-0.2, -0.15) is 0 Å². The lowest BCUT2D eigenvalue weighted by Crippen LogP contribution is -2.46. The van der Waals surface area contributed by atoms with Crippen molar-refractivity contribution in [1.82, 2.24) is 15.1 Å². The molecule has 30 heavy (non-hydrogen) atoms. The zero-order chi connectivity index (χ0) is 21.3. The van der Waals surface area contributed by atoms with Crippen molar-refractivity contribution >= 4 is 40.8 Å². The Balaban J connectivity index is 1.45. The van der Waals surface area contributed by atoms with Crippen molar-refractivity contribution in [3.63, 3.8) is 0 Å². The number of amides is 4. The fourth-order valence-electron chi connectivity index (χ4n) is 4.66. The maximum atomic E-state index is 12.8. The largest absolute Gasteiger partial charge is 0.367 e. The minimum Gasteiger partial charge on any atom is -0.367 e. The number of anilines is 2. The maximum Gasteiger partial charge on any atom is 0.325 e. The van der Waals surface area contributed by atoms with E-state index in [9.17, 15) is 14.4 Å². The van der Waals surface area contributed by atoms with Gasteiger partial charge in [-0.05, 0) is 37.6 Å². The summed E-state index contributed by atoms with van der Waals surface area (Å²) in [5.74, 6) is -0.702. The Morgan fingerprint density at radius 1 is 1.17 bits per heavy atom. The highest BCUT2D eigenvalue weighted by Crippen LogP contribution is 2.35. The molecular formula is C21H28ClN5O3. The zero-order valence-corrected chi connectivity index (χ0v) is 18.0. The molecule has 0 aromatic heterocycles. The van der Waals surface area contributed by atoms with Gasteiger partial charge in [-0.15, -0.1) is 0 Å². The van der Waals surface area contributed by atoms with E-state index >= 15 is 0 Å². The average Bonchev–Trinajstić information content (AvgIpc) is 3.29. The van der Waals surface area contributed by atoms with Gasteiger partial charge in [0.1, 0.15) is 12.1 Å². The number of carbonyl (C=O) groups is 3. The van der Waals surface area contributed by atoms with E-state index < -0.39 is 17.5 Å². The minimum atomic E-state index is -0.808. The fourth-order valence-corrected chi connectivity index (χ4v) is 4.83. The highest BCUT2D eigenvalue weighted by molar-refractivity contribution is 6.31. The first kappa shape index (κ1) is 20.9. The van der Waals surface area contributed by atoms with E-state index in [0.29, 0.717) is 23.6 Å². The normalized spacial score (nSPS) is 21.4. The molecule has 0 bridgehead atoms. The summed E-state index contributed by atoms with van der Waals surface area (Å²) in [6, 6.07) is 4.94. The molecule has 3 aliphatic rings. The number of nitrogens with zero attached hydrogens (tertiary/aromatic N) is 3. The Bertz CT molecular complexity index is 847. The van der Waals surface area contributed by atoms with E-state index in [1.165, 1.54) is 0 Å². The second-order valence-corrected chi connectivity index (χ2v) is 8.68. The second kappa shape index (κ2) is 8.43. The molecule has 0 unspecified atom stereocenters. The van der Waals surface area contributed by atoms with Crippen LogP contribution in [-0.2, 0) is 9.59 Å². The Morgan fingerprint density at radius 2 is 1.87 bits per heavy atom. The number of hydrogen-bond acceptors (Lipinski definition) is 5. The van der Waals surface area contributed by atoms with Gasteiger partial charge in [0, 0.05) is 31.2 Å². The Kier molecular flexibility index (Phi) is 5.88. The molecule has 1 aliphatic carbocycles. The lowest BCUT2D eigenvalue weighted by Gasteiger charge is -2.36. The van der Waals surface area contributed by atoms with Crippen LogP contribution >= 0.6 is 11.6 Å². The Labute approximate surface area is 181 Å². The summed E-state index contributed by atoms with van der Waals surface area (Å²) in [6.45, 7) is 6.48. The number of nitrogens with one attached hydrogen (secondary N) is 2. The summed E-state index contributed by atoms with van der Waals surface area (Å²) in [7, 11) is 0. The third kappa shape index (κ3) is 3.98. The van der Waals surface area contributed by atoms with E-state index in [2.05, 4.69) is 27.4 Å². The van der Waals surface area contributed by atoms with Crippen molar-refractivity contribution in [2.45, 2.75) is 38.1 Å². The summed E-state index contributed by atoms with van der Waals surface area (Å²) in [5, 5.41) is 6.19. The van der Waals surface area contributed by atoms with Gasteiger partial charge in [0.25, 0.3) is 5.91 Å². The van der Waals surface area contributed by atoms with Crippen molar-refractivity contribution in [3.05, 3.63) is 23.2 Å². The van der Waals surface area contributed by atoms with Crippen LogP contribution in [0.2, 0.25) is 5.02 Å². The molecule has 4 rings (SSSR count). The maximum absolute atomic E-state index is 12.8. The molecule has 2 N–H and O–H groups in total. The molecule has 2 heterocycles. The smallest absolute Gasteiger partial charge is 0.325 e. The number of imide groups is 1. The first-order chi connectivity index (χ1) is 14.4. The zero-order valence-electron chi connectivity index (χ0n) is 17.2. The second-order valence-electron chi connectivity index (χ2n) is 8.24. The predicted octanol–water partition coefficient (Wildman–Crippen LogP) is 2.29. The highest BCUT2D eigenvalue weighted by atomic mass is 35.5. The highest BCUT2D eigenvalue weighted by Gasteiger charge is 2.52. The van der Waals surface area contributed by atoms with E-state index in [0.717, 1.165) is 56.2 Å². The van der Waals surface area contributed by atoms with Crippen molar-refractivity contribution in [2.75, 3.05) is 49.5 Å². The van der Waals surface area contributed by atoms with Gasteiger partial charge in [0.15, 0.2) is 0 Å². The van der Waals surface area contributed by atoms with Crippen LogP contribution in [0.5, 0.6) is 0 Å². The van der Waals surface area contributed by atoms with E-state index in [1.807, 2.05) is 6.07 Å². The number of rotatable bonds is 5. The monoisotopic (exact) mass is 433 g/mol. The molecule has 1 aromatic carbocycles. The number of likely N-dealkylation sites (N-methyl/N-ethyl adjacent to an activating group) is 1. The van der Waals surface area contributed by atoms with Crippen molar-refractivity contribution in [3.8, 4) is 0 Å². The number of carbonyl (C=O) groups excluding carboxylic acids is 3. The van der Waals surface area contributed by atoms with Crippen molar-refractivity contribution in [2.24, 2.45) is 0 Å². The average molecular weight is 434 g/mol. The van der Waals surface area contributed by atoms with Gasteiger partial charge in [-0.3, -0.25) is 14.5 Å². The van der Waals surface area contributed by atoms with Gasteiger partial charge in [-0.25, -0.2) is 4.79 Å². The Morgan fingerprint density at radius 3 is 2.53 bits per heavy atom. The van der Waals surface area contributed by atoms with Crippen LogP contribution < -0.4 is 15.5 Å². The van der Waals surface area contributed by atoms with Crippen LogP contribution in [0.25, 0.3) is 0 Å². The van der Waals surface area contributed by atoms with Crippen LogP contribution in [0.3, 0.4) is 0 Å². The summed E-state index contributed by atoms with van der Waals surface area (Å²) in [5.41, 5.74) is 0.686. The molecule has 0 radical (unpaired) electrons. The van der Waals surface area contributed by atoms with Crippen LogP contribution in [0, 0.1) is 0 Å². The standard InChI is InChI=1S/C21H28ClN5O3/c1-2-25-9-11-26(12-10-25)17-6-5-15(22)13-16(17)23-18(28)14-27-19(29)21(24-20(27)30)7-3-4-8-21/h5-6,13H,2-4,7-12,14H2,1H3,(H,23,28)(H,24,30). The molecule has 3 fully saturated rings. The van der Waals surface area contributed by atoms with E-state index in [4.69, 9.17) is 11.6 Å². The molecular weight excluding hydrogens is 406 g/mol. The molecule has 2 aliphatic heterocycles. The molecule has 2 saturated heterocycles.